The molecule has 0 radical (unpaired) electrons. The van der Waals surface area contributed by atoms with E-state index in [4.69, 9.17) is 0 Å². The zero-order chi connectivity index (χ0) is 20.9. The van der Waals surface area contributed by atoms with Crippen LogP contribution in [0.15, 0.2) is 72.8 Å². The van der Waals surface area contributed by atoms with Gasteiger partial charge in [0.15, 0.2) is 0 Å². The van der Waals surface area contributed by atoms with Crippen LogP contribution >= 0.6 is 0 Å². The zero-order valence-corrected chi connectivity index (χ0v) is 17.3. The molecule has 1 saturated heterocycles. The Morgan fingerprint density at radius 1 is 0.867 bits per heavy atom. The van der Waals surface area contributed by atoms with Crippen molar-refractivity contribution in [2.75, 3.05) is 32.7 Å². The number of hydrogen-bond acceptors (Lipinski definition) is 3. The molecule has 1 aliphatic rings. The van der Waals surface area contributed by atoms with Crippen LogP contribution in [0.1, 0.15) is 28.9 Å². The molecule has 5 nitrogen and oxygen atoms in total. The van der Waals surface area contributed by atoms with E-state index in [9.17, 15) is 9.59 Å². The standard InChI is InChI=1S/C25H27N3O2/c1-19(22-13-7-11-20-8-5-6-12-23(20)22)26-24(29)18-27-14-16-28(17-15-27)25(30)21-9-3-2-4-10-21/h2-13,19H,14-18H2,1H3,(H,26,29)/t19-/m0/s1. The first-order valence-electron chi connectivity index (χ1n) is 10.5. The van der Waals surface area contributed by atoms with Gasteiger partial charge in [-0.1, -0.05) is 60.7 Å². The van der Waals surface area contributed by atoms with Gasteiger partial charge in [0.05, 0.1) is 12.6 Å². The van der Waals surface area contributed by atoms with Gasteiger partial charge in [0, 0.05) is 31.7 Å². The summed E-state index contributed by atoms with van der Waals surface area (Å²) in [4.78, 5) is 29.2. The van der Waals surface area contributed by atoms with Gasteiger partial charge in [0.2, 0.25) is 5.91 Å². The fraction of sp³-hybridized carbons (Fsp3) is 0.280. The molecule has 0 aromatic heterocycles. The molecule has 0 aliphatic carbocycles. The van der Waals surface area contributed by atoms with Crippen LogP contribution in [0.25, 0.3) is 10.8 Å². The molecule has 0 saturated carbocycles. The van der Waals surface area contributed by atoms with Crippen LogP contribution < -0.4 is 5.32 Å². The topological polar surface area (TPSA) is 52.7 Å². The minimum atomic E-state index is -0.0652. The molecule has 2 amide bonds. The lowest BCUT2D eigenvalue weighted by atomic mass is 10.00. The monoisotopic (exact) mass is 401 g/mol. The first-order valence-corrected chi connectivity index (χ1v) is 10.5. The van der Waals surface area contributed by atoms with Gasteiger partial charge in [-0.3, -0.25) is 14.5 Å². The quantitative estimate of drug-likeness (QED) is 0.712. The SMILES string of the molecule is C[C@H](NC(=O)CN1CCN(C(=O)c2ccccc2)CC1)c1cccc2ccccc12. The maximum Gasteiger partial charge on any atom is 0.253 e. The highest BCUT2D eigenvalue weighted by Gasteiger charge is 2.23. The van der Waals surface area contributed by atoms with Crippen molar-refractivity contribution in [3.05, 3.63) is 83.9 Å². The number of nitrogens with zero attached hydrogens (tertiary/aromatic N) is 2. The molecule has 4 rings (SSSR count). The van der Waals surface area contributed by atoms with Crippen LogP contribution in [-0.4, -0.2) is 54.3 Å². The lowest BCUT2D eigenvalue weighted by Crippen LogP contribution is -2.51. The van der Waals surface area contributed by atoms with Crippen molar-refractivity contribution in [1.82, 2.24) is 15.1 Å². The predicted molar refractivity (Wildman–Crippen MR) is 119 cm³/mol. The number of carbonyl (C=O) groups is 2. The average molecular weight is 402 g/mol. The Kier molecular flexibility index (Phi) is 6.10. The molecule has 1 fully saturated rings. The molecule has 0 spiro atoms. The second-order valence-electron chi connectivity index (χ2n) is 7.79. The second kappa shape index (κ2) is 9.09. The Bertz CT molecular complexity index is 1020. The van der Waals surface area contributed by atoms with Gasteiger partial charge in [0.25, 0.3) is 5.91 Å². The van der Waals surface area contributed by atoms with Crippen molar-refractivity contribution in [3.63, 3.8) is 0 Å². The summed E-state index contributed by atoms with van der Waals surface area (Å²) < 4.78 is 0. The van der Waals surface area contributed by atoms with E-state index in [0.717, 1.165) is 5.56 Å². The largest absolute Gasteiger partial charge is 0.348 e. The number of piperazine rings is 1. The summed E-state index contributed by atoms with van der Waals surface area (Å²) in [6.45, 7) is 5.06. The molecule has 1 heterocycles. The molecule has 5 heteroatoms. The number of benzene rings is 3. The van der Waals surface area contributed by atoms with Crippen LogP contribution in [0.3, 0.4) is 0 Å². The Morgan fingerprint density at radius 3 is 2.30 bits per heavy atom. The molecule has 1 atom stereocenters. The molecular formula is C25H27N3O2. The molecule has 1 N–H and O–H groups in total. The first kappa shape index (κ1) is 20.1. The molecular weight excluding hydrogens is 374 g/mol. The summed E-state index contributed by atoms with van der Waals surface area (Å²) in [5, 5.41) is 5.48. The van der Waals surface area contributed by atoms with E-state index in [2.05, 4.69) is 34.5 Å². The Labute approximate surface area is 177 Å². The van der Waals surface area contributed by atoms with E-state index in [1.165, 1.54) is 10.8 Å². The Morgan fingerprint density at radius 2 is 1.53 bits per heavy atom. The molecule has 3 aromatic carbocycles. The van der Waals surface area contributed by atoms with Gasteiger partial charge in [-0.25, -0.2) is 0 Å². The van der Waals surface area contributed by atoms with E-state index in [1.807, 2.05) is 60.4 Å². The van der Waals surface area contributed by atoms with Crippen LogP contribution in [0.4, 0.5) is 0 Å². The highest BCUT2D eigenvalue weighted by molar-refractivity contribution is 5.94. The zero-order valence-electron chi connectivity index (χ0n) is 17.3. The van der Waals surface area contributed by atoms with Crippen molar-refractivity contribution < 1.29 is 9.59 Å². The maximum atomic E-state index is 12.6. The van der Waals surface area contributed by atoms with Gasteiger partial charge in [-0.05, 0) is 35.4 Å². The van der Waals surface area contributed by atoms with Gasteiger partial charge in [0.1, 0.15) is 0 Å². The lowest BCUT2D eigenvalue weighted by molar-refractivity contribution is -0.123. The van der Waals surface area contributed by atoms with Gasteiger partial charge in [-0.15, -0.1) is 0 Å². The Hall–Kier alpha value is -3.18. The summed E-state index contributed by atoms with van der Waals surface area (Å²) >= 11 is 0. The minimum Gasteiger partial charge on any atom is -0.348 e. The van der Waals surface area contributed by atoms with Crippen molar-refractivity contribution in [2.45, 2.75) is 13.0 Å². The normalized spacial score (nSPS) is 15.7. The summed E-state index contributed by atoms with van der Waals surface area (Å²) in [7, 11) is 0. The minimum absolute atomic E-state index is 0.0123. The van der Waals surface area contributed by atoms with Gasteiger partial charge >= 0.3 is 0 Å². The predicted octanol–water partition coefficient (Wildman–Crippen LogP) is 3.48. The van der Waals surface area contributed by atoms with E-state index < -0.39 is 0 Å². The fourth-order valence-corrected chi connectivity index (χ4v) is 4.07. The molecule has 0 bridgehead atoms. The molecule has 1 aliphatic heterocycles. The van der Waals surface area contributed by atoms with E-state index in [-0.39, 0.29) is 17.9 Å². The third-order valence-corrected chi connectivity index (χ3v) is 5.71. The van der Waals surface area contributed by atoms with Crippen LogP contribution in [0, 0.1) is 0 Å². The van der Waals surface area contributed by atoms with Gasteiger partial charge in [-0.2, -0.15) is 0 Å². The highest BCUT2D eigenvalue weighted by Crippen LogP contribution is 2.24. The van der Waals surface area contributed by atoms with E-state index in [1.54, 1.807) is 0 Å². The lowest BCUT2D eigenvalue weighted by Gasteiger charge is -2.34. The van der Waals surface area contributed by atoms with E-state index >= 15 is 0 Å². The summed E-state index contributed by atoms with van der Waals surface area (Å²) in [5.74, 6) is 0.0718. The first-order chi connectivity index (χ1) is 14.6. The average Bonchev–Trinajstić information content (AvgIpc) is 2.79. The van der Waals surface area contributed by atoms with Crippen LogP contribution in [0.5, 0.6) is 0 Å². The van der Waals surface area contributed by atoms with Crippen LogP contribution in [-0.2, 0) is 4.79 Å². The number of carbonyl (C=O) groups excluding carboxylic acids is 2. The fourth-order valence-electron chi connectivity index (χ4n) is 4.07. The number of hydrogen-bond donors (Lipinski definition) is 1. The van der Waals surface area contributed by atoms with Gasteiger partial charge < -0.3 is 10.2 Å². The number of fused-ring (bicyclic) bond motifs is 1. The van der Waals surface area contributed by atoms with E-state index in [0.29, 0.717) is 38.3 Å². The third-order valence-electron chi connectivity index (χ3n) is 5.71. The third kappa shape index (κ3) is 4.52. The number of nitrogens with one attached hydrogen (secondary N) is 1. The molecule has 154 valence electrons. The molecule has 3 aromatic rings. The van der Waals surface area contributed by atoms with Crippen molar-refractivity contribution in [3.8, 4) is 0 Å². The summed E-state index contributed by atoms with van der Waals surface area (Å²) in [5.41, 5.74) is 1.84. The molecule has 30 heavy (non-hydrogen) atoms. The number of rotatable bonds is 5. The summed E-state index contributed by atoms with van der Waals surface area (Å²) in [6, 6.07) is 23.7. The smallest absolute Gasteiger partial charge is 0.253 e. The highest BCUT2D eigenvalue weighted by atomic mass is 16.2. The molecule has 0 unspecified atom stereocenters. The van der Waals surface area contributed by atoms with Crippen LogP contribution in [0.2, 0.25) is 0 Å². The Balaban J connectivity index is 1.30. The number of amides is 2. The maximum absolute atomic E-state index is 12.6. The van der Waals surface area contributed by atoms with Crippen molar-refractivity contribution in [2.24, 2.45) is 0 Å². The van der Waals surface area contributed by atoms with Crippen molar-refractivity contribution >= 4 is 22.6 Å². The summed E-state index contributed by atoms with van der Waals surface area (Å²) in [6.07, 6.45) is 0. The van der Waals surface area contributed by atoms with Crippen molar-refractivity contribution in [1.29, 1.82) is 0 Å². The second-order valence-corrected chi connectivity index (χ2v) is 7.79.